The Hall–Kier alpha value is -0.590. The topological polar surface area (TPSA) is 47.3 Å². The fourth-order valence-electron chi connectivity index (χ4n) is 2.49. The molecule has 2 atom stereocenters. The van der Waals surface area contributed by atoms with Crippen molar-refractivity contribution in [3.63, 3.8) is 0 Å². The first-order valence-electron chi connectivity index (χ1n) is 6.78. The first kappa shape index (κ1) is 14.5. The van der Waals surface area contributed by atoms with E-state index in [4.69, 9.17) is 5.26 Å². The van der Waals surface area contributed by atoms with Crippen LogP contribution in [0, 0.1) is 16.7 Å². The summed E-state index contributed by atoms with van der Waals surface area (Å²) in [4.78, 5) is 2.47. The van der Waals surface area contributed by atoms with Gasteiger partial charge in [-0.25, -0.2) is 0 Å². The second kappa shape index (κ2) is 6.37. The summed E-state index contributed by atoms with van der Waals surface area (Å²) in [5.41, 5.74) is -0.229. The predicted octanol–water partition coefficient (Wildman–Crippen LogP) is 2.55. The van der Waals surface area contributed by atoms with Crippen molar-refractivity contribution in [3.05, 3.63) is 0 Å². The fraction of sp³-hybridized carbons (Fsp3) is 0.929. The van der Waals surface area contributed by atoms with Gasteiger partial charge in [-0.15, -0.1) is 0 Å². The highest BCUT2D eigenvalue weighted by molar-refractivity contribution is 4.92. The van der Waals surface area contributed by atoms with Gasteiger partial charge in [0, 0.05) is 6.04 Å². The van der Waals surface area contributed by atoms with Crippen LogP contribution in [-0.4, -0.2) is 35.2 Å². The zero-order valence-corrected chi connectivity index (χ0v) is 11.4. The van der Waals surface area contributed by atoms with Crippen LogP contribution in [0.15, 0.2) is 0 Å². The molecule has 0 radical (unpaired) electrons. The van der Waals surface area contributed by atoms with Crippen LogP contribution >= 0.6 is 0 Å². The molecule has 1 aliphatic heterocycles. The summed E-state index contributed by atoms with van der Waals surface area (Å²) in [7, 11) is 0. The molecular formula is C14H26N2O. The molecule has 0 aliphatic carbocycles. The molecule has 2 unspecified atom stereocenters. The van der Waals surface area contributed by atoms with E-state index >= 15 is 0 Å². The van der Waals surface area contributed by atoms with Gasteiger partial charge in [0.1, 0.15) is 0 Å². The first-order valence-corrected chi connectivity index (χ1v) is 6.78. The average Bonchev–Trinajstić information content (AvgIpc) is 2.27. The number of likely N-dealkylation sites (tertiary alicyclic amines) is 1. The molecule has 3 nitrogen and oxygen atoms in total. The summed E-state index contributed by atoms with van der Waals surface area (Å²) < 4.78 is 0. The van der Waals surface area contributed by atoms with Gasteiger partial charge in [-0.2, -0.15) is 5.26 Å². The Balaban J connectivity index is 2.46. The molecular weight excluding hydrogens is 212 g/mol. The maximum atomic E-state index is 9.52. The first-order chi connectivity index (χ1) is 7.94. The zero-order valence-electron chi connectivity index (χ0n) is 11.4. The van der Waals surface area contributed by atoms with Gasteiger partial charge in [-0.1, -0.05) is 6.42 Å². The number of nitriles is 1. The fourth-order valence-corrected chi connectivity index (χ4v) is 2.49. The average molecular weight is 238 g/mol. The lowest BCUT2D eigenvalue weighted by molar-refractivity contribution is 0.0810. The second-order valence-electron chi connectivity index (χ2n) is 6.02. The minimum absolute atomic E-state index is 0.218. The summed E-state index contributed by atoms with van der Waals surface area (Å²) >= 11 is 0. The highest BCUT2D eigenvalue weighted by atomic mass is 16.3. The lowest BCUT2D eigenvalue weighted by Crippen LogP contribution is -2.42. The Bertz CT molecular complexity index is 268. The van der Waals surface area contributed by atoms with Crippen LogP contribution in [-0.2, 0) is 0 Å². The third-order valence-corrected chi connectivity index (χ3v) is 3.69. The molecule has 3 heteroatoms. The molecule has 1 fully saturated rings. The van der Waals surface area contributed by atoms with E-state index in [9.17, 15) is 5.11 Å². The normalized spacial score (nSPS) is 24.3. The Morgan fingerprint density at radius 3 is 2.76 bits per heavy atom. The maximum Gasteiger partial charge on any atom is 0.0684 e. The summed E-state index contributed by atoms with van der Waals surface area (Å²) in [6.07, 6.45) is 5.29. The van der Waals surface area contributed by atoms with E-state index in [0.29, 0.717) is 6.04 Å². The number of nitrogens with zero attached hydrogens (tertiary/aromatic N) is 2. The molecule has 0 saturated carbocycles. The Morgan fingerprint density at radius 2 is 2.18 bits per heavy atom. The SMILES string of the molecule is CC(O)CC1CCCCN1CCC(C)(C)C#N. The lowest BCUT2D eigenvalue weighted by atomic mass is 9.89. The van der Waals surface area contributed by atoms with Gasteiger partial charge in [0.05, 0.1) is 17.6 Å². The Kier molecular flexibility index (Phi) is 5.42. The Morgan fingerprint density at radius 1 is 1.47 bits per heavy atom. The van der Waals surface area contributed by atoms with Crippen molar-refractivity contribution in [1.82, 2.24) is 4.90 Å². The van der Waals surface area contributed by atoms with Crippen molar-refractivity contribution in [2.24, 2.45) is 5.41 Å². The van der Waals surface area contributed by atoms with Gasteiger partial charge in [-0.3, -0.25) is 0 Å². The monoisotopic (exact) mass is 238 g/mol. The molecule has 0 aromatic heterocycles. The lowest BCUT2D eigenvalue weighted by Gasteiger charge is -2.37. The van der Waals surface area contributed by atoms with Crippen molar-refractivity contribution in [3.8, 4) is 6.07 Å². The minimum atomic E-state index is -0.229. The molecule has 1 rings (SSSR count). The predicted molar refractivity (Wildman–Crippen MR) is 69.5 cm³/mol. The van der Waals surface area contributed by atoms with Gasteiger partial charge >= 0.3 is 0 Å². The largest absolute Gasteiger partial charge is 0.393 e. The van der Waals surface area contributed by atoms with Crippen LogP contribution in [0.1, 0.15) is 52.9 Å². The van der Waals surface area contributed by atoms with E-state index in [1.54, 1.807) is 0 Å². The molecule has 1 saturated heterocycles. The van der Waals surface area contributed by atoms with E-state index in [2.05, 4.69) is 11.0 Å². The van der Waals surface area contributed by atoms with E-state index in [1.807, 2.05) is 20.8 Å². The van der Waals surface area contributed by atoms with Crippen LogP contribution in [0.5, 0.6) is 0 Å². The molecule has 0 amide bonds. The molecule has 0 spiro atoms. The number of hydrogen-bond donors (Lipinski definition) is 1. The third-order valence-electron chi connectivity index (χ3n) is 3.69. The smallest absolute Gasteiger partial charge is 0.0684 e. The van der Waals surface area contributed by atoms with Crippen LogP contribution < -0.4 is 0 Å². The van der Waals surface area contributed by atoms with E-state index in [1.165, 1.54) is 19.3 Å². The van der Waals surface area contributed by atoms with Gasteiger partial charge in [0.25, 0.3) is 0 Å². The summed E-state index contributed by atoms with van der Waals surface area (Å²) in [6, 6.07) is 2.87. The van der Waals surface area contributed by atoms with E-state index in [-0.39, 0.29) is 11.5 Å². The van der Waals surface area contributed by atoms with Gasteiger partial charge < -0.3 is 10.0 Å². The van der Waals surface area contributed by atoms with Crippen molar-refractivity contribution >= 4 is 0 Å². The van der Waals surface area contributed by atoms with E-state index in [0.717, 1.165) is 25.9 Å². The van der Waals surface area contributed by atoms with Gasteiger partial charge in [0.2, 0.25) is 0 Å². The number of aliphatic hydroxyl groups is 1. The van der Waals surface area contributed by atoms with E-state index < -0.39 is 0 Å². The van der Waals surface area contributed by atoms with Crippen molar-refractivity contribution in [2.45, 2.75) is 65.0 Å². The third kappa shape index (κ3) is 5.06. The molecule has 98 valence electrons. The van der Waals surface area contributed by atoms with Gasteiger partial charge in [-0.05, 0) is 59.5 Å². The van der Waals surface area contributed by atoms with Gasteiger partial charge in [0.15, 0.2) is 0 Å². The van der Waals surface area contributed by atoms with Crippen molar-refractivity contribution < 1.29 is 5.11 Å². The highest BCUT2D eigenvalue weighted by Crippen LogP contribution is 2.25. The second-order valence-corrected chi connectivity index (χ2v) is 6.02. The zero-order chi connectivity index (χ0) is 12.9. The number of hydrogen-bond acceptors (Lipinski definition) is 3. The number of piperidine rings is 1. The van der Waals surface area contributed by atoms with Crippen LogP contribution in [0.25, 0.3) is 0 Å². The summed E-state index contributed by atoms with van der Waals surface area (Å²) in [6.45, 7) is 7.98. The van der Waals surface area contributed by atoms with Crippen molar-refractivity contribution in [1.29, 1.82) is 5.26 Å². The quantitative estimate of drug-likeness (QED) is 0.800. The van der Waals surface area contributed by atoms with Crippen LogP contribution in [0.3, 0.4) is 0 Å². The standard InChI is InChI=1S/C14H26N2O/c1-12(17)10-13-6-4-5-8-16(13)9-7-14(2,3)11-15/h12-13,17H,4-10H2,1-3H3. The molecule has 0 aromatic carbocycles. The number of aliphatic hydroxyl groups excluding tert-OH is 1. The van der Waals surface area contributed by atoms with Crippen LogP contribution in [0.2, 0.25) is 0 Å². The maximum absolute atomic E-state index is 9.52. The molecule has 1 heterocycles. The number of rotatable bonds is 5. The summed E-state index contributed by atoms with van der Waals surface area (Å²) in [5.74, 6) is 0. The molecule has 0 bridgehead atoms. The van der Waals surface area contributed by atoms with Crippen LogP contribution in [0.4, 0.5) is 0 Å². The molecule has 17 heavy (non-hydrogen) atoms. The minimum Gasteiger partial charge on any atom is -0.393 e. The highest BCUT2D eigenvalue weighted by Gasteiger charge is 2.25. The van der Waals surface area contributed by atoms with Crippen molar-refractivity contribution in [2.75, 3.05) is 13.1 Å². The molecule has 1 aliphatic rings. The Labute approximate surface area is 105 Å². The molecule has 0 aromatic rings. The summed E-state index contributed by atoms with van der Waals surface area (Å²) in [5, 5.41) is 18.5. The molecule has 1 N–H and O–H groups in total.